The minimum absolute atomic E-state index is 0.0186. The van der Waals surface area contributed by atoms with Crippen molar-refractivity contribution >= 4 is 29.3 Å². The molecule has 0 saturated heterocycles. The smallest absolute Gasteiger partial charge is 0.313 e. The number of carbonyl (C=O) groups is 2. The van der Waals surface area contributed by atoms with Gasteiger partial charge in [-0.2, -0.15) is 0 Å². The Morgan fingerprint density at radius 3 is 2.41 bits per heavy atom. The molecule has 1 saturated carbocycles. The number of carboxylic acids is 1. The van der Waals surface area contributed by atoms with Crippen molar-refractivity contribution in [3.8, 4) is 0 Å². The first kappa shape index (κ1) is 16.3. The van der Waals surface area contributed by atoms with Gasteiger partial charge < -0.3 is 10.0 Å². The van der Waals surface area contributed by atoms with Crippen LogP contribution in [0.3, 0.4) is 0 Å². The van der Waals surface area contributed by atoms with Gasteiger partial charge in [-0.15, -0.1) is 11.8 Å². The van der Waals surface area contributed by atoms with Crippen LogP contribution in [0, 0.1) is 10.1 Å². The van der Waals surface area contributed by atoms with Crippen molar-refractivity contribution in [2.45, 2.75) is 25.4 Å². The van der Waals surface area contributed by atoms with Gasteiger partial charge >= 0.3 is 5.97 Å². The predicted octanol–water partition coefficient (Wildman–Crippen LogP) is 1.90. The topological polar surface area (TPSA) is 101 Å². The van der Waals surface area contributed by atoms with Crippen LogP contribution in [0.4, 0.5) is 5.69 Å². The fourth-order valence-electron chi connectivity index (χ4n) is 2.04. The molecule has 1 aromatic carbocycles. The number of benzene rings is 1. The lowest BCUT2D eigenvalue weighted by Gasteiger charge is -2.22. The van der Waals surface area contributed by atoms with Crippen molar-refractivity contribution in [1.29, 1.82) is 0 Å². The van der Waals surface area contributed by atoms with Gasteiger partial charge in [0.15, 0.2) is 0 Å². The highest BCUT2D eigenvalue weighted by molar-refractivity contribution is 8.00. The number of carbonyl (C=O) groups excluding carboxylic acids is 1. The van der Waals surface area contributed by atoms with Gasteiger partial charge in [-0.1, -0.05) is 12.1 Å². The molecule has 0 radical (unpaired) electrons. The van der Waals surface area contributed by atoms with E-state index in [0.29, 0.717) is 6.54 Å². The van der Waals surface area contributed by atoms with Gasteiger partial charge in [-0.3, -0.25) is 19.7 Å². The molecule has 0 atom stereocenters. The number of nitrogens with zero attached hydrogens (tertiary/aromatic N) is 2. The first-order valence-electron chi connectivity index (χ1n) is 6.79. The molecule has 1 aliphatic carbocycles. The molecule has 0 unspecified atom stereocenters. The van der Waals surface area contributed by atoms with Gasteiger partial charge in [-0.05, 0) is 18.4 Å². The van der Waals surface area contributed by atoms with E-state index in [0.717, 1.165) is 30.2 Å². The first-order chi connectivity index (χ1) is 10.5. The Morgan fingerprint density at radius 2 is 1.91 bits per heavy atom. The monoisotopic (exact) mass is 324 g/mol. The SMILES string of the molecule is O=C(O)CSCC(=O)N(Cc1ccc([N+](=O)[O-])cc1)C1CC1. The van der Waals surface area contributed by atoms with Crippen LogP contribution in [-0.2, 0) is 16.1 Å². The van der Waals surface area contributed by atoms with Crippen molar-refractivity contribution in [2.75, 3.05) is 11.5 Å². The van der Waals surface area contributed by atoms with E-state index in [1.165, 1.54) is 12.1 Å². The van der Waals surface area contributed by atoms with Gasteiger partial charge in [0.05, 0.1) is 16.4 Å². The van der Waals surface area contributed by atoms with Crippen molar-refractivity contribution in [3.05, 3.63) is 39.9 Å². The highest BCUT2D eigenvalue weighted by Gasteiger charge is 2.32. The maximum absolute atomic E-state index is 12.2. The number of amides is 1. The lowest BCUT2D eigenvalue weighted by atomic mass is 10.2. The van der Waals surface area contributed by atoms with E-state index in [1.54, 1.807) is 17.0 Å². The highest BCUT2D eigenvalue weighted by atomic mass is 32.2. The van der Waals surface area contributed by atoms with Crippen molar-refractivity contribution in [3.63, 3.8) is 0 Å². The minimum Gasteiger partial charge on any atom is -0.481 e. The van der Waals surface area contributed by atoms with Crippen LogP contribution in [-0.4, -0.2) is 44.4 Å². The summed E-state index contributed by atoms with van der Waals surface area (Å²) < 4.78 is 0. The Bertz CT molecular complexity index is 571. The molecule has 118 valence electrons. The fourth-order valence-corrected chi connectivity index (χ4v) is 2.65. The first-order valence-corrected chi connectivity index (χ1v) is 7.95. The average molecular weight is 324 g/mol. The molecule has 1 aliphatic rings. The zero-order valence-corrected chi connectivity index (χ0v) is 12.6. The third-order valence-corrected chi connectivity index (χ3v) is 4.16. The predicted molar refractivity (Wildman–Crippen MR) is 81.6 cm³/mol. The fraction of sp³-hybridized carbons (Fsp3) is 0.429. The third-order valence-electron chi connectivity index (χ3n) is 3.26. The van der Waals surface area contributed by atoms with E-state index in [-0.39, 0.29) is 29.1 Å². The van der Waals surface area contributed by atoms with Crippen molar-refractivity contribution < 1.29 is 19.6 Å². The maximum atomic E-state index is 12.2. The Morgan fingerprint density at radius 1 is 1.27 bits per heavy atom. The Kier molecular flexibility index (Phi) is 5.37. The normalized spacial score (nSPS) is 13.6. The molecule has 22 heavy (non-hydrogen) atoms. The van der Waals surface area contributed by atoms with Crippen LogP contribution in [0.25, 0.3) is 0 Å². The molecule has 0 aliphatic heterocycles. The molecule has 1 N–H and O–H groups in total. The molecular weight excluding hydrogens is 308 g/mol. The van der Waals surface area contributed by atoms with E-state index < -0.39 is 10.9 Å². The molecule has 1 fully saturated rings. The van der Waals surface area contributed by atoms with Crippen molar-refractivity contribution in [1.82, 2.24) is 4.90 Å². The number of hydrogen-bond donors (Lipinski definition) is 1. The molecule has 8 heteroatoms. The van der Waals surface area contributed by atoms with Gasteiger partial charge in [-0.25, -0.2) is 0 Å². The van der Waals surface area contributed by atoms with Gasteiger partial charge in [0, 0.05) is 24.7 Å². The summed E-state index contributed by atoms with van der Waals surface area (Å²) in [6.07, 6.45) is 1.89. The molecule has 1 amide bonds. The summed E-state index contributed by atoms with van der Waals surface area (Å²) in [6.45, 7) is 0.398. The molecule has 1 aromatic rings. The Hall–Kier alpha value is -2.09. The van der Waals surface area contributed by atoms with Crippen LogP contribution < -0.4 is 0 Å². The summed E-state index contributed by atoms with van der Waals surface area (Å²) in [5, 5.41) is 19.2. The number of rotatable bonds is 8. The van der Waals surface area contributed by atoms with E-state index in [9.17, 15) is 19.7 Å². The number of non-ortho nitro benzene ring substituents is 1. The molecular formula is C14H16N2O5S. The summed E-state index contributed by atoms with van der Waals surface area (Å²) in [6, 6.07) is 6.33. The van der Waals surface area contributed by atoms with E-state index in [1.807, 2.05) is 0 Å². The second-order valence-electron chi connectivity index (χ2n) is 5.06. The summed E-state index contributed by atoms with van der Waals surface area (Å²) in [7, 11) is 0. The van der Waals surface area contributed by atoms with Crippen LogP contribution in [0.2, 0.25) is 0 Å². The van der Waals surface area contributed by atoms with Gasteiger partial charge in [0.25, 0.3) is 5.69 Å². The van der Waals surface area contributed by atoms with Crippen molar-refractivity contribution in [2.24, 2.45) is 0 Å². The molecule has 0 bridgehead atoms. The zero-order valence-electron chi connectivity index (χ0n) is 11.8. The summed E-state index contributed by atoms with van der Waals surface area (Å²) in [4.78, 5) is 34.6. The second-order valence-corrected chi connectivity index (χ2v) is 6.05. The van der Waals surface area contributed by atoms with Crippen LogP contribution in [0.5, 0.6) is 0 Å². The summed E-state index contributed by atoms with van der Waals surface area (Å²) in [5.41, 5.74) is 0.846. The lowest BCUT2D eigenvalue weighted by molar-refractivity contribution is -0.384. The van der Waals surface area contributed by atoms with Crippen LogP contribution >= 0.6 is 11.8 Å². The second kappa shape index (κ2) is 7.26. The standard InChI is InChI=1S/C14H16N2O5S/c17-13(8-22-9-14(18)19)15(11-5-6-11)7-10-1-3-12(4-2-10)16(20)21/h1-4,11H,5-9H2,(H,18,19). The van der Waals surface area contributed by atoms with E-state index in [2.05, 4.69) is 0 Å². The summed E-state index contributed by atoms with van der Waals surface area (Å²) >= 11 is 1.08. The molecule has 0 heterocycles. The average Bonchev–Trinajstić information content (AvgIpc) is 3.29. The number of carboxylic acid groups (broad SMARTS) is 1. The van der Waals surface area contributed by atoms with E-state index >= 15 is 0 Å². The molecule has 7 nitrogen and oxygen atoms in total. The zero-order chi connectivity index (χ0) is 16.1. The quantitative estimate of drug-likeness (QED) is 0.579. The Labute approximate surface area is 131 Å². The number of aliphatic carboxylic acids is 1. The number of nitro groups is 1. The van der Waals surface area contributed by atoms with Gasteiger partial charge in [0.2, 0.25) is 5.91 Å². The van der Waals surface area contributed by atoms with Gasteiger partial charge in [0.1, 0.15) is 0 Å². The number of thioether (sulfide) groups is 1. The third kappa shape index (κ3) is 4.73. The molecule has 2 rings (SSSR count). The number of hydrogen-bond acceptors (Lipinski definition) is 5. The molecule has 0 aromatic heterocycles. The Balaban J connectivity index is 1.95. The maximum Gasteiger partial charge on any atom is 0.313 e. The van der Waals surface area contributed by atoms with E-state index in [4.69, 9.17) is 5.11 Å². The highest BCUT2D eigenvalue weighted by Crippen LogP contribution is 2.29. The minimum atomic E-state index is -0.939. The van der Waals surface area contributed by atoms with Crippen LogP contribution in [0.1, 0.15) is 18.4 Å². The molecule has 0 spiro atoms. The largest absolute Gasteiger partial charge is 0.481 e. The summed E-state index contributed by atoms with van der Waals surface area (Å²) in [5.74, 6) is -0.990. The number of nitro benzene ring substituents is 1. The lowest BCUT2D eigenvalue weighted by Crippen LogP contribution is -2.34. The van der Waals surface area contributed by atoms with Crippen LogP contribution in [0.15, 0.2) is 24.3 Å².